The lowest BCUT2D eigenvalue weighted by Gasteiger charge is -2.33. The fourth-order valence-electron chi connectivity index (χ4n) is 2.85. The molecule has 0 radical (unpaired) electrons. The maximum absolute atomic E-state index is 12.5. The molecule has 1 aliphatic rings. The second kappa shape index (κ2) is 5.28. The Labute approximate surface area is 121 Å². The highest BCUT2D eigenvalue weighted by atomic mass is 16.5. The van der Waals surface area contributed by atoms with Crippen LogP contribution in [0.5, 0.6) is 5.75 Å². The molecule has 2 nitrogen and oxygen atoms in total. The largest absolute Gasteiger partial charge is 0.497 e. The number of methoxy groups -OCH3 is 1. The fraction of sp³-hybridized carbons (Fsp3) is 0.389. The lowest BCUT2D eigenvalue weighted by Crippen LogP contribution is -2.24. The Kier molecular flexibility index (Phi) is 3.85. The zero-order chi connectivity index (χ0) is 14.9. The molecule has 0 saturated carbocycles. The number of aryl methyl sites for hydroxylation is 1. The lowest BCUT2D eigenvalue weighted by atomic mass is 9.70. The number of rotatable bonds is 3. The summed E-state index contributed by atoms with van der Waals surface area (Å²) in [7, 11) is 1.64. The topological polar surface area (TPSA) is 26.3 Å². The maximum Gasteiger partial charge on any atom is 0.163 e. The summed E-state index contributed by atoms with van der Waals surface area (Å²) in [5, 5.41) is 0. The minimum atomic E-state index is -0.0134. The molecule has 1 aromatic rings. The zero-order valence-electron chi connectivity index (χ0n) is 12.7. The number of ketones is 1. The van der Waals surface area contributed by atoms with Crippen LogP contribution in [0.2, 0.25) is 0 Å². The van der Waals surface area contributed by atoms with Gasteiger partial charge in [0.2, 0.25) is 0 Å². The van der Waals surface area contributed by atoms with Crippen LogP contribution in [-0.2, 0) is 4.79 Å². The molecule has 0 aromatic heterocycles. The van der Waals surface area contributed by atoms with Gasteiger partial charge in [-0.3, -0.25) is 4.79 Å². The van der Waals surface area contributed by atoms with Crippen molar-refractivity contribution < 1.29 is 9.53 Å². The molecule has 0 atom stereocenters. The molecule has 1 aliphatic carbocycles. The van der Waals surface area contributed by atoms with Crippen LogP contribution in [0.3, 0.4) is 0 Å². The molecule has 0 bridgehead atoms. The van der Waals surface area contributed by atoms with E-state index in [1.54, 1.807) is 7.11 Å². The zero-order valence-corrected chi connectivity index (χ0v) is 12.7. The van der Waals surface area contributed by atoms with Crippen LogP contribution in [0.4, 0.5) is 0 Å². The predicted molar refractivity (Wildman–Crippen MR) is 82.9 cm³/mol. The highest BCUT2D eigenvalue weighted by molar-refractivity contribution is 6.23. The third kappa shape index (κ3) is 2.43. The smallest absolute Gasteiger partial charge is 0.163 e. The number of carbonyl (C=O) groups is 1. The van der Waals surface area contributed by atoms with Crippen molar-refractivity contribution in [2.45, 2.75) is 33.6 Å². The van der Waals surface area contributed by atoms with E-state index in [9.17, 15) is 4.79 Å². The van der Waals surface area contributed by atoms with Crippen molar-refractivity contribution in [3.63, 3.8) is 0 Å². The van der Waals surface area contributed by atoms with E-state index in [2.05, 4.69) is 20.4 Å². The first-order valence-electron chi connectivity index (χ1n) is 6.96. The predicted octanol–water partition coefficient (Wildman–Crippen LogP) is 4.33. The molecule has 0 fully saturated rings. The van der Waals surface area contributed by atoms with Gasteiger partial charge in [-0.2, -0.15) is 0 Å². The summed E-state index contributed by atoms with van der Waals surface area (Å²) < 4.78 is 5.30. The second-order valence-electron chi connectivity index (χ2n) is 5.98. The van der Waals surface area contributed by atoms with Gasteiger partial charge in [-0.05, 0) is 47.6 Å². The minimum absolute atomic E-state index is 0.0134. The van der Waals surface area contributed by atoms with Gasteiger partial charge in [0.1, 0.15) is 5.75 Å². The third-order valence-corrected chi connectivity index (χ3v) is 4.17. The molecule has 0 amide bonds. The molecule has 1 aromatic carbocycles. The molecule has 0 saturated heterocycles. The first-order chi connectivity index (χ1) is 9.40. The van der Waals surface area contributed by atoms with Crippen LogP contribution in [0, 0.1) is 12.3 Å². The van der Waals surface area contributed by atoms with Gasteiger partial charge < -0.3 is 4.74 Å². The van der Waals surface area contributed by atoms with Crippen molar-refractivity contribution in [3.8, 4) is 5.75 Å². The van der Waals surface area contributed by atoms with Crippen LogP contribution >= 0.6 is 0 Å². The highest BCUT2D eigenvalue weighted by Crippen LogP contribution is 2.43. The lowest BCUT2D eigenvalue weighted by molar-refractivity contribution is -0.114. The fourth-order valence-corrected chi connectivity index (χ4v) is 2.85. The molecule has 20 heavy (non-hydrogen) atoms. The number of ether oxygens (including phenoxy) is 1. The van der Waals surface area contributed by atoms with E-state index in [0.29, 0.717) is 6.42 Å². The monoisotopic (exact) mass is 270 g/mol. The second-order valence-corrected chi connectivity index (χ2v) is 5.98. The summed E-state index contributed by atoms with van der Waals surface area (Å²) >= 11 is 0. The molecule has 0 unspecified atom stereocenters. The number of Topliss-reactive ketones (excluding diaryl/α,β-unsaturated/α-hetero) is 1. The molecule has 2 rings (SSSR count). The van der Waals surface area contributed by atoms with E-state index < -0.39 is 0 Å². The Hall–Kier alpha value is -1.83. The molecule has 2 heteroatoms. The standard InChI is InChI=1S/C18H22O2/c1-6-15-17(16(19)9-10-18(15,3)4)14-11-13(20-5)8-7-12(14)2/h6-8,11H,1,9-10H2,2-5H3. The molecule has 0 spiro atoms. The summed E-state index contributed by atoms with van der Waals surface area (Å²) in [6, 6.07) is 5.87. The van der Waals surface area contributed by atoms with Crippen molar-refractivity contribution in [3.05, 3.63) is 47.6 Å². The Morgan fingerprint density at radius 3 is 2.65 bits per heavy atom. The highest BCUT2D eigenvalue weighted by Gasteiger charge is 2.33. The van der Waals surface area contributed by atoms with E-state index >= 15 is 0 Å². The first-order valence-corrected chi connectivity index (χ1v) is 6.96. The Bertz CT molecular complexity index is 591. The van der Waals surface area contributed by atoms with E-state index in [1.807, 2.05) is 31.2 Å². The molecule has 0 heterocycles. The quantitative estimate of drug-likeness (QED) is 0.817. The average molecular weight is 270 g/mol. The summed E-state index contributed by atoms with van der Waals surface area (Å²) in [6.07, 6.45) is 3.31. The number of hydrogen-bond donors (Lipinski definition) is 0. The molecular weight excluding hydrogens is 248 g/mol. The van der Waals surface area contributed by atoms with Crippen molar-refractivity contribution in [1.29, 1.82) is 0 Å². The molecular formula is C18H22O2. The van der Waals surface area contributed by atoms with Gasteiger partial charge in [0.15, 0.2) is 5.78 Å². The van der Waals surface area contributed by atoms with Gasteiger partial charge in [0.25, 0.3) is 0 Å². The van der Waals surface area contributed by atoms with Gasteiger partial charge in [0, 0.05) is 12.0 Å². The van der Waals surface area contributed by atoms with Crippen LogP contribution < -0.4 is 4.74 Å². The number of hydrogen-bond acceptors (Lipinski definition) is 2. The summed E-state index contributed by atoms with van der Waals surface area (Å²) in [4.78, 5) is 12.5. The van der Waals surface area contributed by atoms with Crippen molar-refractivity contribution in [2.24, 2.45) is 5.41 Å². The van der Waals surface area contributed by atoms with Gasteiger partial charge in [-0.1, -0.05) is 32.6 Å². The third-order valence-electron chi connectivity index (χ3n) is 4.17. The molecule has 0 N–H and O–H groups in total. The SMILES string of the molecule is C=CC1=C(c2cc(OC)ccc2C)C(=O)CCC1(C)C. The van der Waals surface area contributed by atoms with Crippen molar-refractivity contribution >= 4 is 11.4 Å². The van der Waals surface area contributed by atoms with Crippen molar-refractivity contribution in [1.82, 2.24) is 0 Å². The summed E-state index contributed by atoms with van der Waals surface area (Å²) in [6.45, 7) is 10.3. The van der Waals surface area contributed by atoms with Crippen LogP contribution in [0.1, 0.15) is 37.8 Å². The summed E-state index contributed by atoms with van der Waals surface area (Å²) in [5.41, 5.74) is 3.90. The van der Waals surface area contributed by atoms with E-state index in [0.717, 1.165) is 34.4 Å². The van der Waals surface area contributed by atoms with Gasteiger partial charge >= 0.3 is 0 Å². The normalized spacial score (nSPS) is 18.1. The van der Waals surface area contributed by atoms with Crippen molar-refractivity contribution in [2.75, 3.05) is 7.11 Å². The molecule has 0 aliphatic heterocycles. The number of benzene rings is 1. The Morgan fingerprint density at radius 1 is 1.35 bits per heavy atom. The Morgan fingerprint density at radius 2 is 2.05 bits per heavy atom. The average Bonchev–Trinajstić information content (AvgIpc) is 2.42. The van der Waals surface area contributed by atoms with Crippen LogP contribution in [-0.4, -0.2) is 12.9 Å². The van der Waals surface area contributed by atoms with Gasteiger partial charge in [-0.25, -0.2) is 0 Å². The van der Waals surface area contributed by atoms with Crippen LogP contribution in [0.25, 0.3) is 5.57 Å². The number of allylic oxidation sites excluding steroid dienone is 3. The maximum atomic E-state index is 12.5. The van der Waals surface area contributed by atoms with E-state index in [-0.39, 0.29) is 11.2 Å². The first kappa shape index (κ1) is 14.6. The Balaban J connectivity index is 2.72. The van der Waals surface area contributed by atoms with E-state index in [4.69, 9.17) is 4.74 Å². The minimum Gasteiger partial charge on any atom is -0.497 e. The summed E-state index contributed by atoms with van der Waals surface area (Å²) in [5.74, 6) is 0.980. The molecule has 106 valence electrons. The van der Waals surface area contributed by atoms with Gasteiger partial charge in [-0.15, -0.1) is 0 Å². The number of carbonyl (C=O) groups excluding carboxylic acids is 1. The van der Waals surface area contributed by atoms with Gasteiger partial charge in [0.05, 0.1) is 7.11 Å². The van der Waals surface area contributed by atoms with E-state index in [1.165, 1.54) is 0 Å². The van der Waals surface area contributed by atoms with Crippen LogP contribution in [0.15, 0.2) is 36.4 Å².